The third kappa shape index (κ3) is 2.43. The second kappa shape index (κ2) is 4.49. The number of nitrogens with one attached hydrogen (secondary N) is 1. The minimum Gasteiger partial charge on any atom is -0.366 e. The van der Waals surface area contributed by atoms with Crippen molar-refractivity contribution in [3.63, 3.8) is 0 Å². The Hall–Kier alpha value is -1.61. The largest absolute Gasteiger partial charge is 0.366 e. The highest BCUT2D eigenvalue weighted by Gasteiger charge is 2.51. The third-order valence-corrected chi connectivity index (χ3v) is 3.99. The van der Waals surface area contributed by atoms with Gasteiger partial charge in [0.1, 0.15) is 16.8 Å². The molecule has 3 rings (SSSR count). The average molecular weight is 274 g/mol. The van der Waals surface area contributed by atoms with Gasteiger partial charge in [-0.15, -0.1) is 0 Å². The highest BCUT2D eigenvalue weighted by Crippen LogP contribution is 2.49. The molecule has 4 heteroatoms. The Bertz CT molecular complexity index is 579. The van der Waals surface area contributed by atoms with Crippen LogP contribution in [0.3, 0.4) is 0 Å². The molecule has 19 heavy (non-hydrogen) atoms. The number of aryl methyl sites for hydroxylation is 1. The van der Waals surface area contributed by atoms with Crippen molar-refractivity contribution in [2.45, 2.75) is 31.7 Å². The molecule has 0 radical (unpaired) electrons. The summed E-state index contributed by atoms with van der Waals surface area (Å²) in [6, 6.07) is 12.8. The van der Waals surface area contributed by atoms with Gasteiger partial charge in [0.15, 0.2) is 0 Å². The fourth-order valence-corrected chi connectivity index (χ4v) is 2.72. The van der Waals surface area contributed by atoms with E-state index in [0.29, 0.717) is 17.0 Å². The summed E-state index contributed by atoms with van der Waals surface area (Å²) < 4.78 is 0. The molecule has 3 nitrogen and oxygen atoms in total. The van der Waals surface area contributed by atoms with Crippen LogP contribution in [0.5, 0.6) is 0 Å². The molecule has 1 heterocycles. The van der Waals surface area contributed by atoms with Gasteiger partial charge in [0, 0.05) is 17.5 Å². The predicted molar refractivity (Wildman–Crippen MR) is 77.6 cm³/mol. The fourth-order valence-electron chi connectivity index (χ4n) is 2.50. The zero-order valence-corrected chi connectivity index (χ0v) is 11.8. The lowest BCUT2D eigenvalue weighted by Gasteiger charge is -2.13. The van der Waals surface area contributed by atoms with Crippen LogP contribution in [-0.2, 0) is 5.41 Å². The Balaban J connectivity index is 1.77. The van der Waals surface area contributed by atoms with Gasteiger partial charge in [-0.1, -0.05) is 48.9 Å². The molecule has 2 aromatic rings. The molecular weight excluding hydrogens is 258 g/mol. The monoisotopic (exact) mass is 273 g/mol. The number of nitrogens with zero attached hydrogens (tertiary/aromatic N) is 2. The molecule has 0 saturated heterocycles. The highest BCUT2D eigenvalue weighted by atomic mass is 35.5. The quantitative estimate of drug-likeness (QED) is 0.869. The van der Waals surface area contributed by atoms with E-state index in [2.05, 4.69) is 46.5 Å². The topological polar surface area (TPSA) is 37.8 Å². The molecule has 0 amide bonds. The maximum absolute atomic E-state index is 5.95. The summed E-state index contributed by atoms with van der Waals surface area (Å²) >= 11 is 5.95. The summed E-state index contributed by atoms with van der Waals surface area (Å²) in [5, 5.41) is 3.93. The molecule has 1 N–H and O–H groups in total. The van der Waals surface area contributed by atoms with Gasteiger partial charge in [0.2, 0.25) is 0 Å². The van der Waals surface area contributed by atoms with Crippen LogP contribution in [0.4, 0.5) is 5.82 Å². The number of benzene rings is 1. The minimum atomic E-state index is 0.187. The highest BCUT2D eigenvalue weighted by molar-refractivity contribution is 6.29. The van der Waals surface area contributed by atoms with Gasteiger partial charge in [0.25, 0.3) is 0 Å². The van der Waals surface area contributed by atoms with Crippen molar-refractivity contribution in [1.29, 1.82) is 0 Å². The van der Waals surface area contributed by atoms with Crippen LogP contribution in [0.2, 0.25) is 5.15 Å². The van der Waals surface area contributed by atoms with Gasteiger partial charge < -0.3 is 5.32 Å². The van der Waals surface area contributed by atoms with Crippen molar-refractivity contribution >= 4 is 17.4 Å². The SMILES string of the molecule is Cc1nc(Cl)cc(NC2CC2(C)c2ccccc2)n1. The lowest BCUT2D eigenvalue weighted by molar-refractivity contribution is 0.756. The summed E-state index contributed by atoms with van der Waals surface area (Å²) in [4.78, 5) is 8.44. The van der Waals surface area contributed by atoms with Crippen LogP contribution < -0.4 is 5.32 Å². The first-order valence-corrected chi connectivity index (χ1v) is 6.79. The van der Waals surface area contributed by atoms with E-state index in [4.69, 9.17) is 11.6 Å². The van der Waals surface area contributed by atoms with Crippen LogP contribution in [-0.4, -0.2) is 16.0 Å². The Labute approximate surface area is 118 Å². The fraction of sp³-hybridized carbons (Fsp3) is 0.333. The molecule has 1 aromatic heterocycles. The van der Waals surface area contributed by atoms with Crippen LogP contribution in [0.1, 0.15) is 24.7 Å². The van der Waals surface area contributed by atoms with Crippen molar-refractivity contribution in [2.24, 2.45) is 0 Å². The van der Waals surface area contributed by atoms with E-state index < -0.39 is 0 Å². The molecule has 1 aromatic carbocycles. The van der Waals surface area contributed by atoms with Crippen LogP contribution >= 0.6 is 11.6 Å². The van der Waals surface area contributed by atoms with Crippen molar-refractivity contribution in [1.82, 2.24) is 9.97 Å². The lowest BCUT2D eigenvalue weighted by atomic mass is 9.98. The number of hydrogen-bond acceptors (Lipinski definition) is 3. The minimum absolute atomic E-state index is 0.187. The number of hydrogen-bond donors (Lipinski definition) is 1. The van der Waals surface area contributed by atoms with Crippen molar-refractivity contribution in [2.75, 3.05) is 5.32 Å². The van der Waals surface area contributed by atoms with Gasteiger partial charge in [0.05, 0.1) is 0 Å². The average Bonchev–Trinajstić information content (AvgIpc) is 3.01. The normalized spacial score (nSPS) is 25.1. The van der Waals surface area contributed by atoms with Gasteiger partial charge >= 0.3 is 0 Å². The van der Waals surface area contributed by atoms with E-state index >= 15 is 0 Å². The lowest BCUT2D eigenvalue weighted by Crippen LogP contribution is -2.15. The van der Waals surface area contributed by atoms with Gasteiger partial charge in [-0.2, -0.15) is 0 Å². The molecule has 1 saturated carbocycles. The van der Waals surface area contributed by atoms with E-state index in [9.17, 15) is 0 Å². The van der Waals surface area contributed by atoms with Crippen LogP contribution in [0, 0.1) is 6.92 Å². The predicted octanol–water partition coefficient (Wildman–Crippen LogP) is 3.58. The maximum Gasteiger partial charge on any atom is 0.134 e. The zero-order valence-electron chi connectivity index (χ0n) is 11.0. The molecule has 2 unspecified atom stereocenters. The van der Waals surface area contributed by atoms with E-state index in [1.165, 1.54) is 5.56 Å². The summed E-state index contributed by atoms with van der Waals surface area (Å²) in [6.07, 6.45) is 1.11. The van der Waals surface area contributed by atoms with Gasteiger partial charge in [-0.05, 0) is 18.9 Å². The van der Waals surface area contributed by atoms with Crippen molar-refractivity contribution in [3.05, 3.63) is 52.9 Å². The van der Waals surface area contributed by atoms with E-state index in [-0.39, 0.29) is 5.41 Å². The molecule has 0 bridgehead atoms. The number of rotatable bonds is 3. The number of halogens is 1. The van der Waals surface area contributed by atoms with E-state index in [1.807, 2.05) is 13.0 Å². The summed E-state index contributed by atoms with van der Waals surface area (Å²) in [7, 11) is 0. The van der Waals surface area contributed by atoms with Crippen molar-refractivity contribution in [3.8, 4) is 0 Å². The number of anilines is 1. The molecule has 1 fully saturated rings. The summed E-state index contributed by atoms with van der Waals surface area (Å²) in [5.74, 6) is 1.50. The molecule has 0 aliphatic heterocycles. The van der Waals surface area contributed by atoms with Crippen molar-refractivity contribution < 1.29 is 0 Å². The first-order valence-electron chi connectivity index (χ1n) is 6.41. The molecule has 1 aliphatic rings. The summed E-state index contributed by atoms with van der Waals surface area (Å²) in [6.45, 7) is 4.12. The summed E-state index contributed by atoms with van der Waals surface area (Å²) in [5.41, 5.74) is 1.55. The zero-order chi connectivity index (χ0) is 13.5. The Morgan fingerprint density at radius 3 is 2.68 bits per heavy atom. The smallest absolute Gasteiger partial charge is 0.134 e. The van der Waals surface area contributed by atoms with Crippen LogP contribution in [0.15, 0.2) is 36.4 Å². The molecule has 1 aliphatic carbocycles. The van der Waals surface area contributed by atoms with E-state index in [1.54, 1.807) is 6.07 Å². The van der Waals surface area contributed by atoms with Crippen LogP contribution in [0.25, 0.3) is 0 Å². The Morgan fingerprint density at radius 2 is 2.00 bits per heavy atom. The molecule has 2 atom stereocenters. The second-order valence-corrected chi connectivity index (χ2v) is 5.69. The standard InChI is InChI=1S/C15H16ClN3/c1-10-17-13(16)8-14(18-10)19-12-9-15(12,2)11-6-4-3-5-7-11/h3-8,12H,9H2,1-2H3,(H,17,18,19). The Morgan fingerprint density at radius 1 is 1.26 bits per heavy atom. The second-order valence-electron chi connectivity index (χ2n) is 5.31. The maximum atomic E-state index is 5.95. The van der Waals surface area contributed by atoms with E-state index in [0.717, 1.165) is 12.2 Å². The first kappa shape index (κ1) is 12.4. The molecule has 0 spiro atoms. The third-order valence-electron chi connectivity index (χ3n) is 3.80. The Kier molecular flexibility index (Phi) is 2.94. The first-order chi connectivity index (χ1) is 9.08. The van der Waals surface area contributed by atoms with Gasteiger partial charge in [-0.3, -0.25) is 0 Å². The molecule has 98 valence electrons. The number of aromatic nitrogens is 2. The molecular formula is C15H16ClN3. The van der Waals surface area contributed by atoms with Gasteiger partial charge in [-0.25, -0.2) is 9.97 Å².